The van der Waals surface area contributed by atoms with Crippen LogP contribution in [0.15, 0.2) is 0 Å². The smallest absolute Gasteiger partial charge is 0.237 e. The minimum atomic E-state index is -0.0718. The summed E-state index contributed by atoms with van der Waals surface area (Å²) in [4.78, 5) is 28.4. The Morgan fingerprint density at radius 1 is 1.25 bits per heavy atom. The largest absolute Gasteiger partial charge is 0.379 e. The number of rotatable bonds is 5. The van der Waals surface area contributed by atoms with E-state index in [1.165, 1.54) is 0 Å². The normalized spacial score (nSPS) is 27.5. The Bertz CT molecular complexity index is 416. The molecule has 3 rings (SSSR count). The quantitative estimate of drug-likeness (QED) is 0.678. The summed E-state index contributed by atoms with van der Waals surface area (Å²) in [6, 6.07) is -0.107. The number of carbonyl (C=O) groups is 2. The minimum absolute atomic E-state index is 0. The molecule has 7 nitrogen and oxygen atoms in total. The highest BCUT2D eigenvalue weighted by Gasteiger charge is 2.32. The molecule has 0 bridgehead atoms. The van der Waals surface area contributed by atoms with Crippen molar-refractivity contribution >= 4 is 36.6 Å². The van der Waals surface area contributed by atoms with Gasteiger partial charge in [-0.2, -0.15) is 0 Å². The van der Waals surface area contributed by atoms with Gasteiger partial charge in [0.25, 0.3) is 0 Å². The summed E-state index contributed by atoms with van der Waals surface area (Å²) < 4.78 is 5.33. The molecule has 0 saturated carbocycles. The lowest BCUT2D eigenvalue weighted by atomic mass is 10.2. The van der Waals surface area contributed by atoms with E-state index in [0.717, 1.165) is 58.8 Å². The number of morpholine rings is 1. The molecule has 0 aromatic heterocycles. The van der Waals surface area contributed by atoms with Crippen molar-refractivity contribution in [3.8, 4) is 0 Å². The number of hydrogen-bond acceptors (Lipinski definition) is 5. The van der Waals surface area contributed by atoms with Gasteiger partial charge in [-0.3, -0.25) is 14.5 Å². The average Bonchev–Trinajstić information content (AvgIpc) is 3.16. The number of ether oxygens (including phenoxy) is 1. The van der Waals surface area contributed by atoms with Gasteiger partial charge in [0, 0.05) is 39.1 Å². The highest BCUT2D eigenvalue weighted by atomic mass is 35.5. The van der Waals surface area contributed by atoms with Gasteiger partial charge in [-0.15, -0.1) is 24.8 Å². The maximum Gasteiger partial charge on any atom is 0.237 e. The monoisotopic (exact) mass is 382 g/mol. The molecule has 2 N–H and O–H groups in total. The molecule has 2 amide bonds. The maximum absolute atomic E-state index is 12.1. The Morgan fingerprint density at radius 3 is 2.67 bits per heavy atom. The molecule has 2 atom stereocenters. The fraction of sp³-hybridized carbons (Fsp3) is 0.867. The number of nitrogens with zero attached hydrogens (tertiary/aromatic N) is 2. The van der Waals surface area contributed by atoms with E-state index in [9.17, 15) is 9.59 Å². The van der Waals surface area contributed by atoms with Crippen LogP contribution < -0.4 is 10.6 Å². The Hall–Kier alpha value is -0.600. The van der Waals surface area contributed by atoms with Crippen LogP contribution in [0, 0.1) is 0 Å². The number of halogens is 2. The average molecular weight is 383 g/mol. The number of likely N-dealkylation sites (tertiary alicyclic amines) is 1. The summed E-state index contributed by atoms with van der Waals surface area (Å²) in [6.45, 7) is 6.62. The fourth-order valence-corrected chi connectivity index (χ4v) is 3.38. The van der Waals surface area contributed by atoms with Crippen LogP contribution in [0.5, 0.6) is 0 Å². The molecule has 3 aliphatic rings. The summed E-state index contributed by atoms with van der Waals surface area (Å²) in [7, 11) is 0. The van der Waals surface area contributed by atoms with Crippen molar-refractivity contribution in [3.63, 3.8) is 0 Å². The van der Waals surface area contributed by atoms with Gasteiger partial charge in [0.05, 0.1) is 25.3 Å². The van der Waals surface area contributed by atoms with Gasteiger partial charge in [-0.25, -0.2) is 0 Å². The molecule has 24 heavy (non-hydrogen) atoms. The van der Waals surface area contributed by atoms with Crippen LogP contribution in [-0.2, 0) is 14.3 Å². The zero-order valence-electron chi connectivity index (χ0n) is 13.9. The summed E-state index contributed by atoms with van der Waals surface area (Å²) in [5, 5.41) is 6.21. The first-order chi connectivity index (χ1) is 10.7. The molecule has 0 radical (unpaired) electrons. The maximum atomic E-state index is 12.1. The molecule has 140 valence electrons. The summed E-state index contributed by atoms with van der Waals surface area (Å²) in [6.07, 6.45) is 2.38. The molecule has 9 heteroatoms. The van der Waals surface area contributed by atoms with E-state index in [1.54, 1.807) is 0 Å². The topological polar surface area (TPSA) is 73.9 Å². The molecule has 0 aliphatic carbocycles. The zero-order chi connectivity index (χ0) is 15.4. The standard InChI is InChI=1S/C15H26N4O3.2ClH/c20-14-10-12(17-15(21)13-2-1-3-16-13)11-19(14)5-4-18-6-8-22-9-7-18;;/h12-13,16H,1-11H2,(H,17,21);2*1H/t12?,13-;;/m0../s1. The second-order valence-corrected chi connectivity index (χ2v) is 6.35. The molecule has 3 aliphatic heterocycles. The molecule has 0 spiro atoms. The van der Waals surface area contributed by atoms with Crippen LogP contribution in [0.3, 0.4) is 0 Å². The van der Waals surface area contributed by atoms with Crippen molar-refractivity contribution in [2.75, 3.05) is 52.5 Å². The second kappa shape index (κ2) is 10.4. The third-order valence-electron chi connectivity index (χ3n) is 4.73. The van der Waals surface area contributed by atoms with Crippen molar-refractivity contribution in [3.05, 3.63) is 0 Å². The van der Waals surface area contributed by atoms with E-state index in [2.05, 4.69) is 15.5 Å². The van der Waals surface area contributed by atoms with Crippen LogP contribution in [-0.4, -0.2) is 86.2 Å². The number of hydrogen-bond donors (Lipinski definition) is 2. The first-order valence-electron chi connectivity index (χ1n) is 8.34. The first-order valence-corrected chi connectivity index (χ1v) is 8.34. The molecule has 0 aromatic rings. The number of amides is 2. The van der Waals surface area contributed by atoms with Crippen molar-refractivity contribution in [2.24, 2.45) is 0 Å². The predicted molar refractivity (Wildman–Crippen MR) is 95.9 cm³/mol. The van der Waals surface area contributed by atoms with Gasteiger partial charge >= 0.3 is 0 Å². The Balaban J connectivity index is 0.00000144. The van der Waals surface area contributed by atoms with Crippen molar-refractivity contribution in [1.82, 2.24) is 20.4 Å². The van der Waals surface area contributed by atoms with E-state index in [0.29, 0.717) is 13.0 Å². The first kappa shape index (κ1) is 21.4. The van der Waals surface area contributed by atoms with E-state index in [4.69, 9.17) is 4.74 Å². The molecule has 3 heterocycles. The van der Waals surface area contributed by atoms with Crippen LogP contribution in [0.4, 0.5) is 0 Å². The van der Waals surface area contributed by atoms with E-state index < -0.39 is 0 Å². The predicted octanol–water partition coefficient (Wildman–Crippen LogP) is -0.369. The number of carbonyl (C=O) groups excluding carboxylic acids is 2. The summed E-state index contributed by atoms with van der Waals surface area (Å²) in [5.41, 5.74) is 0. The van der Waals surface area contributed by atoms with E-state index >= 15 is 0 Å². The molecular formula is C15H28Cl2N4O3. The van der Waals surface area contributed by atoms with Gasteiger partial charge in [0.2, 0.25) is 11.8 Å². The second-order valence-electron chi connectivity index (χ2n) is 6.35. The van der Waals surface area contributed by atoms with Crippen LogP contribution in [0.2, 0.25) is 0 Å². The minimum Gasteiger partial charge on any atom is -0.379 e. The van der Waals surface area contributed by atoms with Crippen molar-refractivity contribution < 1.29 is 14.3 Å². The molecule has 3 fully saturated rings. The lowest BCUT2D eigenvalue weighted by molar-refractivity contribution is -0.128. The Labute approximate surface area is 155 Å². The molecule has 3 saturated heterocycles. The number of nitrogens with one attached hydrogen (secondary N) is 2. The third kappa shape index (κ3) is 5.74. The van der Waals surface area contributed by atoms with Gasteiger partial charge < -0.3 is 20.3 Å². The molecule has 1 unspecified atom stereocenters. The van der Waals surface area contributed by atoms with Gasteiger partial charge in [-0.1, -0.05) is 0 Å². The summed E-state index contributed by atoms with van der Waals surface area (Å²) >= 11 is 0. The lowest BCUT2D eigenvalue weighted by Gasteiger charge is -2.28. The van der Waals surface area contributed by atoms with Crippen molar-refractivity contribution in [1.29, 1.82) is 0 Å². The highest BCUT2D eigenvalue weighted by Crippen LogP contribution is 2.13. The van der Waals surface area contributed by atoms with Crippen LogP contribution in [0.25, 0.3) is 0 Å². The van der Waals surface area contributed by atoms with Crippen LogP contribution in [0.1, 0.15) is 19.3 Å². The van der Waals surface area contributed by atoms with Crippen LogP contribution >= 0.6 is 24.8 Å². The fourth-order valence-electron chi connectivity index (χ4n) is 3.38. The van der Waals surface area contributed by atoms with E-state index in [-0.39, 0.29) is 48.7 Å². The molecular weight excluding hydrogens is 355 g/mol. The van der Waals surface area contributed by atoms with Gasteiger partial charge in [0.1, 0.15) is 0 Å². The van der Waals surface area contributed by atoms with Crippen molar-refractivity contribution in [2.45, 2.75) is 31.3 Å². The summed E-state index contributed by atoms with van der Waals surface area (Å²) in [5.74, 6) is 0.197. The Kier molecular flexibility index (Phi) is 9.30. The Morgan fingerprint density at radius 2 is 2.00 bits per heavy atom. The molecule has 0 aromatic carbocycles. The van der Waals surface area contributed by atoms with Gasteiger partial charge in [-0.05, 0) is 19.4 Å². The van der Waals surface area contributed by atoms with Gasteiger partial charge in [0.15, 0.2) is 0 Å². The lowest BCUT2D eigenvalue weighted by Crippen LogP contribution is -2.46. The third-order valence-corrected chi connectivity index (χ3v) is 4.73. The van der Waals surface area contributed by atoms with E-state index in [1.807, 2.05) is 4.90 Å². The highest BCUT2D eigenvalue weighted by molar-refractivity contribution is 5.86. The SMILES string of the molecule is Cl.Cl.O=C(NC1CC(=O)N(CCN2CCOCC2)C1)[C@@H]1CCCN1. The zero-order valence-corrected chi connectivity index (χ0v) is 15.5.